The summed E-state index contributed by atoms with van der Waals surface area (Å²) in [7, 11) is 1.58. The minimum atomic E-state index is -0.286. The molecule has 0 saturated carbocycles. The molecule has 1 unspecified atom stereocenters. The monoisotopic (exact) mass is 279 g/mol. The molecule has 1 atom stereocenters. The van der Waals surface area contributed by atoms with Crippen LogP contribution in [0.1, 0.15) is 17.7 Å². The Bertz CT molecular complexity index is 662. The summed E-state index contributed by atoms with van der Waals surface area (Å²) in [6, 6.07) is 0.247. The Morgan fingerprint density at radius 3 is 3.21 bits per heavy atom. The van der Waals surface area contributed by atoms with Gasteiger partial charge < -0.3 is 5.32 Å². The average Bonchev–Trinajstić information content (AvgIpc) is 2.87. The van der Waals surface area contributed by atoms with Gasteiger partial charge in [-0.1, -0.05) is 11.6 Å². The molecule has 3 rings (SSSR count). The van der Waals surface area contributed by atoms with Gasteiger partial charge in [-0.2, -0.15) is 10.2 Å². The fourth-order valence-corrected chi connectivity index (χ4v) is 2.60. The molecular weight excluding hydrogens is 266 g/mol. The zero-order valence-corrected chi connectivity index (χ0v) is 11.2. The van der Waals surface area contributed by atoms with Crippen LogP contribution in [0.5, 0.6) is 0 Å². The maximum atomic E-state index is 11.7. The third kappa shape index (κ3) is 2.23. The molecule has 19 heavy (non-hydrogen) atoms. The van der Waals surface area contributed by atoms with Gasteiger partial charge in [0.2, 0.25) is 0 Å². The van der Waals surface area contributed by atoms with E-state index in [0.717, 1.165) is 19.3 Å². The number of aromatic amines is 1. The van der Waals surface area contributed by atoms with Gasteiger partial charge in [-0.3, -0.25) is 9.89 Å². The number of hydrogen-bond acceptors (Lipinski definition) is 4. The molecule has 2 aromatic rings. The highest BCUT2D eigenvalue weighted by molar-refractivity contribution is 6.32. The Hall–Kier alpha value is -1.82. The lowest BCUT2D eigenvalue weighted by Crippen LogP contribution is -2.29. The fraction of sp³-hybridized carbons (Fsp3) is 0.417. The smallest absolute Gasteiger partial charge is 0.287 e. The van der Waals surface area contributed by atoms with Gasteiger partial charge >= 0.3 is 0 Å². The van der Waals surface area contributed by atoms with E-state index in [2.05, 4.69) is 20.6 Å². The minimum Gasteiger partial charge on any atom is -0.379 e. The van der Waals surface area contributed by atoms with Crippen LogP contribution < -0.4 is 10.9 Å². The molecule has 7 heteroatoms. The fourth-order valence-electron chi connectivity index (χ4n) is 2.37. The predicted octanol–water partition coefficient (Wildman–Crippen LogP) is 1.13. The van der Waals surface area contributed by atoms with E-state index < -0.39 is 0 Å². The van der Waals surface area contributed by atoms with E-state index in [1.165, 1.54) is 15.9 Å². The third-order valence-electron chi connectivity index (χ3n) is 3.45. The molecule has 100 valence electrons. The van der Waals surface area contributed by atoms with Crippen LogP contribution in [0.25, 0.3) is 0 Å². The third-order valence-corrected chi connectivity index (χ3v) is 3.82. The van der Waals surface area contributed by atoms with Crippen molar-refractivity contribution in [2.45, 2.75) is 25.3 Å². The zero-order valence-electron chi connectivity index (χ0n) is 10.5. The van der Waals surface area contributed by atoms with E-state index in [1.54, 1.807) is 13.2 Å². The summed E-state index contributed by atoms with van der Waals surface area (Å²) >= 11 is 6.04. The quantitative estimate of drug-likeness (QED) is 0.864. The van der Waals surface area contributed by atoms with E-state index in [1.807, 2.05) is 6.20 Å². The molecule has 2 N–H and O–H groups in total. The molecule has 0 spiro atoms. The Kier molecular flexibility index (Phi) is 3.02. The number of fused-ring (bicyclic) bond motifs is 1. The first kappa shape index (κ1) is 12.2. The molecule has 1 aliphatic rings. The van der Waals surface area contributed by atoms with Gasteiger partial charge in [0, 0.05) is 18.8 Å². The maximum Gasteiger partial charge on any atom is 0.287 e. The summed E-state index contributed by atoms with van der Waals surface area (Å²) in [6.45, 7) is 0. The van der Waals surface area contributed by atoms with E-state index in [0.29, 0.717) is 5.69 Å². The van der Waals surface area contributed by atoms with Crippen molar-refractivity contribution in [3.05, 3.63) is 39.0 Å². The van der Waals surface area contributed by atoms with Gasteiger partial charge in [0.05, 0.1) is 18.1 Å². The Morgan fingerprint density at radius 2 is 2.37 bits per heavy atom. The van der Waals surface area contributed by atoms with Crippen LogP contribution in [0.2, 0.25) is 5.02 Å². The second kappa shape index (κ2) is 4.70. The standard InChI is InChI=1S/C12H14ClN5O/c1-18-12(19)11(13)10(6-15-18)16-8-2-3-9-7(4-8)5-14-17-9/h5-6,8,16H,2-4H2,1H3,(H,14,17). The van der Waals surface area contributed by atoms with Crippen molar-refractivity contribution in [1.82, 2.24) is 20.0 Å². The zero-order chi connectivity index (χ0) is 13.4. The van der Waals surface area contributed by atoms with Gasteiger partial charge in [-0.15, -0.1) is 0 Å². The van der Waals surface area contributed by atoms with Crippen molar-refractivity contribution in [2.24, 2.45) is 7.05 Å². The number of nitrogens with one attached hydrogen (secondary N) is 2. The largest absolute Gasteiger partial charge is 0.379 e. The number of hydrogen-bond donors (Lipinski definition) is 2. The van der Waals surface area contributed by atoms with Crippen LogP contribution in [0.4, 0.5) is 5.69 Å². The number of aromatic nitrogens is 4. The maximum absolute atomic E-state index is 11.7. The van der Waals surface area contributed by atoms with Gasteiger partial charge in [-0.05, 0) is 24.8 Å². The second-order valence-electron chi connectivity index (χ2n) is 4.76. The molecule has 0 bridgehead atoms. The van der Waals surface area contributed by atoms with Gasteiger partial charge in [0.25, 0.3) is 5.56 Å². The molecule has 0 aromatic carbocycles. The molecule has 1 aliphatic carbocycles. The molecule has 0 radical (unpaired) electrons. The summed E-state index contributed by atoms with van der Waals surface area (Å²) in [5.41, 5.74) is 2.73. The van der Waals surface area contributed by atoms with Crippen LogP contribution in [-0.4, -0.2) is 26.0 Å². The van der Waals surface area contributed by atoms with Crippen molar-refractivity contribution >= 4 is 17.3 Å². The van der Waals surface area contributed by atoms with E-state index in [9.17, 15) is 4.79 Å². The van der Waals surface area contributed by atoms with Crippen molar-refractivity contribution in [1.29, 1.82) is 0 Å². The van der Waals surface area contributed by atoms with Crippen LogP contribution in [0, 0.1) is 0 Å². The molecule has 0 fully saturated rings. The molecule has 0 aliphatic heterocycles. The molecule has 0 amide bonds. The van der Waals surface area contributed by atoms with Crippen LogP contribution in [0.3, 0.4) is 0 Å². The first-order valence-electron chi connectivity index (χ1n) is 6.14. The lowest BCUT2D eigenvalue weighted by molar-refractivity contribution is 0.602. The van der Waals surface area contributed by atoms with Gasteiger partial charge in [0.15, 0.2) is 0 Å². The Morgan fingerprint density at radius 1 is 1.53 bits per heavy atom. The van der Waals surface area contributed by atoms with Crippen molar-refractivity contribution in [3.8, 4) is 0 Å². The first-order chi connectivity index (χ1) is 9.15. The van der Waals surface area contributed by atoms with E-state index in [4.69, 9.17) is 11.6 Å². The molecule has 6 nitrogen and oxygen atoms in total. The van der Waals surface area contributed by atoms with E-state index in [-0.39, 0.29) is 16.6 Å². The van der Waals surface area contributed by atoms with Crippen molar-refractivity contribution in [3.63, 3.8) is 0 Å². The first-order valence-corrected chi connectivity index (χ1v) is 6.52. The SMILES string of the molecule is Cn1ncc(NC2CCc3[nH]ncc3C2)c(Cl)c1=O. The lowest BCUT2D eigenvalue weighted by Gasteiger charge is -2.24. The van der Waals surface area contributed by atoms with E-state index >= 15 is 0 Å². The highest BCUT2D eigenvalue weighted by atomic mass is 35.5. The molecule has 2 aromatic heterocycles. The topological polar surface area (TPSA) is 75.6 Å². The van der Waals surface area contributed by atoms with Crippen LogP contribution >= 0.6 is 11.6 Å². The van der Waals surface area contributed by atoms with Crippen LogP contribution in [-0.2, 0) is 19.9 Å². The highest BCUT2D eigenvalue weighted by Gasteiger charge is 2.21. The number of rotatable bonds is 2. The second-order valence-corrected chi connectivity index (χ2v) is 5.14. The number of halogens is 1. The molecule has 0 saturated heterocycles. The average molecular weight is 280 g/mol. The number of anilines is 1. The van der Waals surface area contributed by atoms with Gasteiger partial charge in [0.1, 0.15) is 5.02 Å². The summed E-state index contributed by atoms with van der Waals surface area (Å²) in [5, 5.41) is 14.5. The summed E-state index contributed by atoms with van der Waals surface area (Å²) in [5.74, 6) is 0. The lowest BCUT2D eigenvalue weighted by atomic mass is 9.93. The van der Waals surface area contributed by atoms with Crippen molar-refractivity contribution < 1.29 is 0 Å². The summed E-state index contributed by atoms with van der Waals surface area (Å²) < 4.78 is 1.22. The number of H-pyrrole nitrogens is 1. The summed E-state index contributed by atoms with van der Waals surface area (Å²) in [4.78, 5) is 11.7. The number of aryl methyl sites for hydroxylation is 2. The summed E-state index contributed by atoms with van der Waals surface area (Å²) in [6.07, 6.45) is 6.24. The Labute approximate surface area is 114 Å². The normalized spacial score (nSPS) is 18.1. The van der Waals surface area contributed by atoms with Crippen molar-refractivity contribution in [2.75, 3.05) is 5.32 Å². The predicted molar refractivity (Wildman–Crippen MR) is 72.5 cm³/mol. The molecule has 2 heterocycles. The van der Waals surface area contributed by atoms with Crippen LogP contribution in [0.15, 0.2) is 17.2 Å². The molecular formula is C12H14ClN5O. The Balaban J connectivity index is 1.80. The van der Waals surface area contributed by atoms with Gasteiger partial charge in [-0.25, -0.2) is 4.68 Å². The highest BCUT2D eigenvalue weighted by Crippen LogP contribution is 2.23. The number of nitrogens with zero attached hydrogens (tertiary/aromatic N) is 3. The minimum absolute atomic E-state index is 0.190.